The smallest absolute Gasteiger partial charge is 0.340 e. The maximum Gasteiger partial charge on any atom is 0.340 e. The van der Waals surface area contributed by atoms with Crippen molar-refractivity contribution in [2.45, 2.75) is 6.92 Å². The number of ether oxygens (including phenoxy) is 1. The number of thiocarbonyl (C=S) groups is 1. The second kappa shape index (κ2) is 7.04. The van der Waals surface area contributed by atoms with Crippen LogP contribution in [-0.2, 0) is 4.74 Å². The molecule has 0 saturated carbocycles. The highest BCUT2D eigenvalue weighted by atomic mass is 35.5. The molecular weight excluding hydrogens is 347 g/mol. The summed E-state index contributed by atoms with van der Waals surface area (Å²) in [5, 5.41) is 6.64. The van der Waals surface area contributed by atoms with E-state index >= 15 is 0 Å². The molecule has 1 aromatic heterocycles. The van der Waals surface area contributed by atoms with Crippen molar-refractivity contribution in [1.82, 2.24) is 0 Å². The number of halogens is 2. The Kier molecular flexibility index (Phi) is 5.33. The molecule has 2 rings (SSSR count). The molecule has 0 atom stereocenters. The molecule has 0 unspecified atom stereocenters. The molecule has 22 heavy (non-hydrogen) atoms. The first-order chi connectivity index (χ1) is 10.4. The summed E-state index contributed by atoms with van der Waals surface area (Å²) in [6.45, 7) is 1.87. The Bertz CT molecular complexity index is 734. The van der Waals surface area contributed by atoms with Crippen LogP contribution in [0.25, 0.3) is 0 Å². The van der Waals surface area contributed by atoms with Gasteiger partial charge in [-0.1, -0.05) is 11.6 Å². The largest absolute Gasteiger partial charge is 0.465 e. The van der Waals surface area contributed by atoms with Crippen molar-refractivity contribution in [3.05, 3.63) is 45.5 Å². The van der Waals surface area contributed by atoms with Crippen molar-refractivity contribution < 1.29 is 13.9 Å². The van der Waals surface area contributed by atoms with E-state index in [1.54, 1.807) is 6.07 Å². The normalized spacial score (nSPS) is 10.2. The lowest BCUT2D eigenvalue weighted by Gasteiger charge is -2.10. The zero-order valence-corrected chi connectivity index (χ0v) is 14.1. The van der Waals surface area contributed by atoms with Crippen molar-refractivity contribution in [1.29, 1.82) is 0 Å². The molecule has 2 aromatic rings. The number of esters is 1. The Hall–Kier alpha value is -1.70. The maximum atomic E-state index is 13.1. The highest BCUT2D eigenvalue weighted by molar-refractivity contribution is 7.80. The average molecular weight is 359 g/mol. The molecule has 0 aliphatic heterocycles. The summed E-state index contributed by atoms with van der Waals surface area (Å²) in [6.07, 6.45) is 0. The minimum absolute atomic E-state index is 0.00461. The van der Waals surface area contributed by atoms with Crippen LogP contribution >= 0.6 is 35.2 Å². The molecule has 0 fully saturated rings. The summed E-state index contributed by atoms with van der Waals surface area (Å²) in [5.41, 5.74) is 0.947. The van der Waals surface area contributed by atoms with Crippen LogP contribution in [0, 0.1) is 12.7 Å². The van der Waals surface area contributed by atoms with Crippen molar-refractivity contribution >= 4 is 56.9 Å². The topological polar surface area (TPSA) is 50.4 Å². The maximum absolute atomic E-state index is 13.1. The molecule has 0 saturated heterocycles. The predicted octanol–water partition coefficient (Wildman–Crippen LogP) is 4.44. The van der Waals surface area contributed by atoms with E-state index in [2.05, 4.69) is 10.6 Å². The number of anilines is 2. The van der Waals surface area contributed by atoms with Crippen LogP contribution in [0.1, 0.15) is 15.2 Å². The summed E-state index contributed by atoms with van der Waals surface area (Å²) in [6, 6.07) is 5.89. The van der Waals surface area contributed by atoms with E-state index in [1.165, 1.54) is 36.6 Å². The van der Waals surface area contributed by atoms with E-state index in [0.717, 1.165) is 4.88 Å². The highest BCUT2D eigenvalue weighted by Crippen LogP contribution is 2.28. The Labute approximate surface area is 141 Å². The van der Waals surface area contributed by atoms with Gasteiger partial charge in [-0.15, -0.1) is 11.3 Å². The van der Waals surface area contributed by atoms with Gasteiger partial charge in [-0.25, -0.2) is 9.18 Å². The molecule has 4 nitrogen and oxygen atoms in total. The van der Waals surface area contributed by atoms with Crippen LogP contribution in [0.4, 0.5) is 15.1 Å². The van der Waals surface area contributed by atoms with Gasteiger partial charge >= 0.3 is 5.97 Å². The van der Waals surface area contributed by atoms with E-state index in [4.69, 9.17) is 28.6 Å². The van der Waals surface area contributed by atoms with Gasteiger partial charge in [0.2, 0.25) is 0 Å². The quantitative estimate of drug-likeness (QED) is 0.627. The van der Waals surface area contributed by atoms with Gasteiger partial charge in [0.25, 0.3) is 0 Å². The van der Waals surface area contributed by atoms with Crippen LogP contribution in [0.2, 0.25) is 5.02 Å². The van der Waals surface area contributed by atoms with Gasteiger partial charge in [0.15, 0.2) is 5.11 Å². The molecule has 0 radical (unpaired) electrons. The van der Waals surface area contributed by atoms with Crippen LogP contribution in [0.3, 0.4) is 0 Å². The number of rotatable bonds is 3. The standard InChI is InChI=1S/C14H12ClFN2O2S2/c1-7-5-9(13(19)20-2)12(22-7)18-14(21)17-8-3-4-11(16)10(15)6-8/h3-6H,1-2H3,(H2,17,18,21). The van der Waals surface area contributed by atoms with E-state index in [9.17, 15) is 9.18 Å². The number of benzene rings is 1. The van der Waals surface area contributed by atoms with Gasteiger partial charge in [0.05, 0.1) is 17.7 Å². The molecule has 0 amide bonds. The average Bonchev–Trinajstić information content (AvgIpc) is 2.82. The fraction of sp³-hybridized carbons (Fsp3) is 0.143. The molecule has 0 spiro atoms. The minimum atomic E-state index is -0.507. The van der Waals surface area contributed by atoms with Crippen LogP contribution in [-0.4, -0.2) is 18.2 Å². The summed E-state index contributed by atoms with van der Waals surface area (Å²) in [7, 11) is 1.32. The molecule has 116 valence electrons. The van der Waals surface area contributed by atoms with Gasteiger partial charge in [-0.3, -0.25) is 0 Å². The third kappa shape index (κ3) is 3.94. The summed E-state index contributed by atoms with van der Waals surface area (Å²) >= 11 is 12.3. The third-order valence-corrected chi connectivity index (χ3v) is 4.12. The second-order valence-corrected chi connectivity index (χ2v) is 6.37. The fourth-order valence-electron chi connectivity index (χ4n) is 1.71. The highest BCUT2D eigenvalue weighted by Gasteiger charge is 2.16. The summed E-state index contributed by atoms with van der Waals surface area (Å²) < 4.78 is 17.8. The summed E-state index contributed by atoms with van der Waals surface area (Å²) in [4.78, 5) is 12.6. The van der Waals surface area contributed by atoms with Gasteiger partial charge < -0.3 is 15.4 Å². The Morgan fingerprint density at radius 1 is 1.36 bits per heavy atom. The molecule has 0 aliphatic carbocycles. The van der Waals surface area contributed by atoms with Gasteiger partial charge in [0.1, 0.15) is 10.8 Å². The second-order valence-electron chi connectivity index (χ2n) is 4.30. The first kappa shape index (κ1) is 16.7. The number of hydrogen-bond donors (Lipinski definition) is 2. The first-order valence-electron chi connectivity index (χ1n) is 6.12. The molecule has 0 aliphatic rings. The van der Waals surface area contributed by atoms with E-state index in [-0.39, 0.29) is 10.1 Å². The minimum Gasteiger partial charge on any atom is -0.465 e. The molecule has 1 heterocycles. The van der Waals surface area contributed by atoms with E-state index < -0.39 is 11.8 Å². The number of hydrogen-bond acceptors (Lipinski definition) is 4. The molecule has 1 aromatic carbocycles. The van der Waals surface area contributed by atoms with Gasteiger partial charge in [-0.05, 0) is 43.4 Å². The Morgan fingerprint density at radius 3 is 2.73 bits per heavy atom. The van der Waals surface area contributed by atoms with E-state index in [1.807, 2.05) is 6.92 Å². The number of methoxy groups -OCH3 is 1. The van der Waals surface area contributed by atoms with Gasteiger partial charge in [-0.2, -0.15) is 0 Å². The zero-order valence-electron chi connectivity index (χ0n) is 11.7. The van der Waals surface area contributed by atoms with Crippen molar-refractivity contribution in [2.24, 2.45) is 0 Å². The fourth-order valence-corrected chi connectivity index (χ4v) is 3.08. The van der Waals surface area contributed by atoms with Gasteiger partial charge in [0, 0.05) is 10.6 Å². The number of thiophene rings is 1. The number of nitrogens with one attached hydrogen (secondary N) is 2. The monoisotopic (exact) mass is 358 g/mol. The van der Waals surface area contributed by atoms with Crippen LogP contribution in [0.15, 0.2) is 24.3 Å². The summed E-state index contributed by atoms with van der Waals surface area (Å²) in [5.74, 6) is -0.951. The lowest BCUT2D eigenvalue weighted by molar-refractivity contribution is 0.0602. The van der Waals surface area contributed by atoms with Crippen molar-refractivity contribution in [3.63, 3.8) is 0 Å². The van der Waals surface area contributed by atoms with Crippen molar-refractivity contribution in [2.75, 3.05) is 17.7 Å². The number of carbonyl (C=O) groups is 1. The van der Waals surface area contributed by atoms with E-state index in [0.29, 0.717) is 16.3 Å². The molecule has 2 N–H and O–H groups in total. The lowest BCUT2D eigenvalue weighted by Crippen LogP contribution is -2.19. The number of aryl methyl sites for hydroxylation is 1. The zero-order chi connectivity index (χ0) is 16.3. The lowest BCUT2D eigenvalue weighted by atomic mass is 10.3. The third-order valence-electron chi connectivity index (χ3n) is 2.67. The predicted molar refractivity (Wildman–Crippen MR) is 91.6 cm³/mol. The SMILES string of the molecule is COC(=O)c1cc(C)sc1NC(=S)Nc1ccc(F)c(Cl)c1. The van der Waals surface area contributed by atoms with Crippen LogP contribution < -0.4 is 10.6 Å². The van der Waals surface area contributed by atoms with Crippen LogP contribution in [0.5, 0.6) is 0 Å². The molecule has 8 heteroatoms. The molecular formula is C14H12ClFN2O2S2. The Balaban J connectivity index is 2.12. The Morgan fingerprint density at radius 2 is 2.09 bits per heavy atom. The molecule has 0 bridgehead atoms. The first-order valence-corrected chi connectivity index (χ1v) is 7.72. The van der Waals surface area contributed by atoms with Crippen molar-refractivity contribution in [3.8, 4) is 0 Å². The number of carbonyl (C=O) groups excluding carboxylic acids is 1.